The Morgan fingerprint density at radius 2 is 1.75 bits per heavy atom. The molecule has 0 bridgehead atoms. The molecule has 2 nitrogen and oxygen atoms in total. The quantitative estimate of drug-likeness (QED) is 0.879. The van der Waals surface area contributed by atoms with Crippen LogP contribution in [0.2, 0.25) is 5.02 Å². The van der Waals surface area contributed by atoms with E-state index in [1.807, 2.05) is 61.5 Å². The smallest absolute Gasteiger partial charge is 0.220 e. The SMILES string of the molecule is C[C@@H](NC(=O)CCc1ccc(Cl)cc1)c1ccccc1. The van der Waals surface area contributed by atoms with Gasteiger partial charge in [0.1, 0.15) is 0 Å². The molecule has 0 spiro atoms. The molecule has 1 amide bonds. The van der Waals surface area contributed by atoms with Crippen LogP contribution >= 0.6 is 11.6 Å². The molecule has 2 rings (SSSR count). The first-order chi connectivity index (χ1) is 9.65. The van der Waals surface area contributed by atoms with Crippen LogP contribution in [-0.4, -0.2) is 5.91 Å². The van der Waals surface area contributed by atoms with Crippen LogP contribution in [0, 0.1) is 0 Å². The van der Waals surface area contributed by atoms with Crippen LogP contribution < -0.4 is 5.32 Å². The number of halogens is 1. The van der Waals surface area contributed by atoms with Crippen molar-refractivity contribution in [2.45, 2.75) is 25.8 Å². The highest BCUT2D eigenvalue weighted by Gasteiger charge is 2.09. The van der Waals surface area contributed by atoms with Crippen LogP contribution in [0.25, 0.3) is 0 Å². The molecule has 2 aromatic carbocycles. The summed E-state index contributed by atoms with van der Waals surface area (Å²) in [5, 5.41) is 3.73. The van der Waals surface area contributed by atoms with Crippen molar-refractivity contribution in [2.75, 3.05) is 0 Å². The number of hydrogen-bond donors (Lipinski definition) is 1. The molecule has 0 radical (unpaired) electrons. The Kier molecular flexibility index (Phi) is 5.19. The van der Waals surface area contributed by atoms with Crippen molar-refractivity contribution < 1.29 is 4.79 Å². The van der Waals surface area contributed by atoms with Crippen molar-refractivity contribution in [3.05, 3.63) is 70.7 Å². The molecule has 0 aromatic heterocycles. The van der Waals surface area contributed by atoms with E-state index in [-0.39, 0.29) is 11.9 Å². The molecule has 0 aliphatic carbocycles. The average Bonchev–Trinajstić information content (AvgIpc) is 2.47. The van der Waals surface area contributed by atoms with Gasteiger partial charge in [-0.3, -0.25) is 4.79 Å². The van der Waals surface area contributed by atoms with E-state index < -0.39 is 0 Å². The predicted molar refractivity (Wildman–Crippen MR) is 82.8 cm³/mol. The number of aryl methyl sites for hydroxylation is 1. The summed E-state index contributed by atoms with van der Waals surface area (Å²) >= 11 is 5.83. The Morgan fingerprint density at radius 3 is 2.40 bits per heavy atom. The summed E-state index contributed by atoms with van der Waals surface area (Å²) in [5.74, 6) is 0.0660. The summed E-state index contributed by atoms with van der Waals surface area (Å²) in [4.78, 5) is 11.9. The first-order valence-electron chi connectivity index (χ1n) is 6.74. The van der Waals surface area contributed by atoms with Gasteiger partial charge in [-0.05, 0) is 36.6 Å². The lowest BCUT2D eigenvalue weighted by Crippen LogP contribution is -2.26. The average molecular weight is 288 g/mol. The number of carbonyl (C=O) groups is 1. The summed E-state index contributed by atoms with van der Waals surface area (Å²) in [5.41, 5.74) is 2.24. The molecule has 0 saturated heterocycles. The summed E-state index contributed by atoms with van der Waals surface area (Å²) in [6.07, 6.45) is 1.21. The van der Waals surface area contributed by atoms with Crippen molar-refractivity contribution in [1.82, 2.24) is 5.32 Å². The molecule has 1 atom stereocenters. The maximum absolute atomic E-state index is 11.9. The van der Waals surface area contributed by atoms with Crippen molar-refractivity contribution in [3.8, 4) is 0 Å². The second kappa shape index (κ2) is 7.11. The molecule has 0 saturated carbocycles. The highest BCUT2D eigenvalue weighted by molar-refractivity contribution is 6.30. The molecule has 0 aliphatic rings. The lowest BCUT2D eigenvalue weighted by Gasteiger charge is -2.14. The summed E-state index contributed by atoms with van der Waals surface area (Å²) in [7, 11) is 0. The molecule has 1 N–H and O–H groups in total. The third-order valence-electron chi connectivity index (χ3n) is 3.23. The van der Waals surface area contributed by atoms with Crippen LogP contribution in [0.4, 0.5) is 0 Å². The Bertz CT molecular complexity index is 551. The van der Waals surface area contributed by atoms with Gasteiger partial charge in [0.05, 0.1) is 6.04 Å². The predicted octanol–water partition coefficient (Wildman–Crippen LogP) is 4.15. The van der Waals surface area contributed by atoms with E-state index in [1.165, 1.54) is 0 Å². The van der Waals surface area contributed by atoms with E-state index in [2.05, 4.69) is 5.32 Å². The van der Waals surface area contributed by atoms with Crippen molar-refractivity contribution in [1.29, 1.82) is 0 Å². The maximum Gasteiger partial charge on any atom is 0.220 e. The van der Waals surface area contributed by atoms with E-state index in [0.29, 0.717) is 6.42 Å². The zero-order chi connectivity index (χ0) is 14.4. The van der Waals surface area contributed by atoms with Gasteiger partial charge in [-0.25, -0.2) is 0 Å². The van der Waals surface area contributed by atoms with Crippen LogP contribution in [0.3, 0.4) is 0 Å². The van der Waals surface area contributed by atoms with Gasteiger partial charge >= 0.3 is 0 Å². The van der Waals surface area contributed by atoms with Crippen LogP contribution in [0.15, 0.2) is 54.6 Å². The molecule has 0 fully saturated rings. The molecule has 0 unspecified atom stereocenters. The van der Waals surface area contributed by atoms with Crippen molar-refractivity contribution in [2.24, 2.45) is 0 Å². The Labute approximate surface area is 124 Å². The topological polar surface area (TPSA) is 29.1 Å². The van der Waals surface area contributed by atoms with E-state index in [1.54, 1.807) is 0 Å². The largest absolute Gasteiger partial charge is 0.350 e. The van der Waals surface area contributed by atoms with Gasteiger partial charge in [-0.1, -0.05) is 54.1 Å². The van der Waals surface area contributed by atoms with E-state index in [0.717, 1.165) is 22.6 Å². The molecule has 104 valence electrons. The number of nitrogens with one attached hydrogen (secondary N) is 1. The number of hydrogen-bond acceptors (Lipinski definition) is 1. The van der Waals surface area contributed by atoms with E-state index in [9.17, 15) is 4.79 Å². The van der Waals surface area contributed by atoms with Gasteiger partial charge in [-0.2, -0.15) is 0 Å². The number of benzene rings is 2. The van der Waals surface area contributed by atoms with Gasteiger partial charge in [0, 0.05) is 11.4 Å². The molecule has 0 heterocycles. The molecular formula is C17H18ClNO. The minimum absolute atomic E-state index is 0.0360. The van der Waals surface area contributed by atoms with Gasteiger partial charge in [-0.15, -0.1) is 0 Å². The molecule has 0 aliphatic heterocycles. The van der Waals surface area contributed by atoms with Gasteiger partial charge in [0.25, 0.3) is 0 Å². The zero-order valence-corrected chi connectivity index (χ0v) is 12.2. The number of carbonyl (C=O) groups excluding carboxylic acids is 1. The molecule has 2 aromatic rings. The van der Waals surface area contributed by atoms with E-state index >= 15 is 0 Å². The summed E-state index contributed by atoms with van der Waals surface area (Å²) < 4.78 is 0. The lowest BCUT2D eigenvalue weighted by atomic mass is 10.1. The van der Waals surface area contributed by atoms with Gasteiger partial charge in [0.2, 0.25) is 5.91 Å². The Morgan fingerprint density at radius 1 is 1.10 bits per heavy atom. The summed E-state index contributed by atoms with van der Waals surface area (Å²) in [6, 6.07) is 17.6. The van der Waals surface area contributed by atoms with Crippen LogP contribution in [-0.2, 0) is 11.2 Å². The number of rotatable bonds is 5. The molecule has 3 heteroatoms. The standard InChI is InChI=1S/C17H18ClNO/c1-13(15-5-3-2-4-6-15)19-17(20)12-9-14-7-10-16(18)11-8-14/h2-8,10-11,13H,9,12H2,1H3,(H,19,20)/t13-/m1/s1. The van der Waals surface area contributed by atoms with Crippen molar-refractivity contribution >= 4 is 17.5 Å². The van der Waals surface area contributed by atoms with E-state index in [4.69, 9.17) is 11.6 Å². The summed E-state index contributed by atoms with van der Waals surface area (Å²) in [6.45, 7) is 2.00. The fraction of sp³-hybridized carbons (Fsp3) is 0.235. The van der Waals surface area contributed by atoms with Crippen molar-refractivity contribution in [3.63, 3.8) is 0 Å². The third kappa shape index (κ3) is 4.39. The third-order valence-corrected chi connectivity index (χ3v) is 3.48. The monoisotopic (exact) mass is 287 g/mol. The highest BCUT2D eigenvalue weighted by Crippen LogP contribution is 2.13. The minimum atomic E-state index is 0.0360. The Hall–Kier alpha value is -1.80. The van der Waals surface area contributed by atoms with Crippen LogP contribution in [0.5, 0.6) is 0 Å². The fourth-order valence-corrected chi connectivity index (χ4v) is 2.17. The second-order valence-corrected chi connectivity index (χ2v) is 5.26. The highest BCUT2D eigenvalue weighted by atomic mass is 35.5. The lowest BCUT2D eigenvalue weighted by molar-refractivity contribution is -0.121. The van der Waals surface area contributed by atoms with Gasteiger partial charge in [0.15, 0.2) is 0 Å². The zero-order valence-electron chi connectivity index (χ0n) is 11.5. The fourth-order valence-electron chi connectivity index (χ4n) is 2.05. The van der Waals surface area contributed by atoms with Crippen LogP contribution in [0.1, 0.15) is 30.5 Å². The van der Waals surface area contributed by atoms with Gasteiger partial charge < -0.3 is 5.32 Å². The minimum Gasteiger partial charge on any atom is -0.350 e. The Balaban J connectivity index is 1.82. The first-order valence-corrected chi connectivity index (χ1v) is 7.11. The maximum atomic E-state index is 11.9. The normalized spacial score (nSPS) is 11.9. The first kappa shape index (κ1) is 14.6. The molecular weight excluding hydrogens is 270 g/mol. The number of amides is 1. The molecule has 20 heavy (non-hydrogen) atoms. The second-order valence-electron chi connectivity index (χ2n) is 4.83.